The second-order valence-electron chi connectivity index (χ2n) is 8.56. The lowest BCUT2D eigenvalue weighted by Crippen LogP contribution is -2.60. The lowest BCUT2D eigenvalue weighted by atomic mass is 9.75. The van der Waals surface area contributed by atoms with Crippen LogP contribution in [0.2, 0.25) is 0 Å². The van der Waals surface area contributed by atoms with Gasteiger partial charge in [-0.3, -0.25) is 9.69 Å². The second kappa shape index (κ2) is 6.93. The van der Waals surface area contributed by atoms with E-state index < -0.39 is 0 Å². The summed E-state index contributed by atoms with van der Waals surface area (Å²) in [4.78, 5) is 18.2. The summed E-state index contributed by atoms with van der Waals surface area (Å²) in [6.45, 7) is 5.14. The van der Waals surface area contributed by atoms with E-state index in [2.05, 4.69) is 34.9 Å². The molecule has 2 aromatic carbocycles. The lowest BCUT2D eigenvalue weighted by molar-refractivity contribution is -0.00341. The van der Waals surface area contributed by atoms with Gasteiger partial charge in [0.2, 0.25) is 0 Å². The van der Waals surface area contributed by atoms with E-state index in [0.29, 0.717) is 17.7 Å². The summed E-state index contributed by atoms with van der Waals surface area (Å²) >= 11 is 0. The SMILES string of the molecule is CCc1ccc(C(=O)N2C[C@@H](c3cccc(O)c3)[C@@H]3[C@H]2C2CCN3CC2)cc1. The number of benzene rings is 2. The minimum Gasteiger partial charge on any atom is -0.508 e. The van der Waals surface area contributed by atoms with Crippen molar-refractivity contribution in [3.63, 3.8) is 0 Å². The first-order valence-electron chi connectivity index (χ1n) is 10.6. The van der Waals surface area contributed by atoms with Gasteiger partial charge < -0.3 is 10.0 Å². The Hall–Kier alpha value is -2.33. The fraction of sp³-hybridized carbons (Fsp3) is 0.458. The molecule has 0 unspecified atom stereocenters. The molecule has 4 heterocycles. The molecule has 1 amide bonds. The zero-order chi connectivity index (χ0) is 19.3. The number of carbonyl (C=O) groups excluding carboxylic acids is 1. The number of phenols is 1. The highest BCUT2D eigenvalue weighted by atomic mass is 16.3. The molecule has 0 radical (unpaired) electrons. The second-order valence-corrected chi connectivity index (χ2v) is 8.56. The van der Waals surface area contributed by atoms with Crippen LogP contribution in [0.1, 0.15) is 47.2 Å². The number of hydrogen-bond acceptors (Lipinski definition) is 3. The van der Waals surface area contributed by atoms with Crippen LogP contribution in [0.5, 0.6) is 5.75 Å². The Kier molecular flexibility index (Phi) is 4.39. The molecule has 4 nitrogen and oxygen atoms in total. The smallest absolute Gasteiger partial charge is 0.254 e. The summed E-state index contributed by atoms with van der Waals surface area (Å²) in [5, 5.41) is 10.0. The van der Waals surface area contributed by atoms with Crippen molar-refractivity contribution in [1.29, 1.82) is 0 Å². The largest absolute Gasteiger partial charge is 0.508 e. The van der Waals surface area contributed by atoms with Crippen molar-refractivity contribution in [2.75, 3.05) is 19.6 Å². The lowest BCUT2D eigenvalue weighted by Gasteiger charge is -2.51. The Morgan fingerprint density at radius 1 is 1.07 bits per heavy atom. The van der Waals surface area contributed by atoms with Gasteiger partial charge in [-0.25, -0.2) is 0 Å². The molecular formula is C24H28N2O2. The maximum absolute atomic E-state index is 13.5. The first kappa shape index (κ1) is 17.7. The van der Waals surface area contributed by atoms with E-state index in [-0.39, 0.29) is 17.9 Å². The molecular weight excluding hydrogens is 348 g/mol. The van der Waals surface area contributed by atoms with Gasteiger partial charge in [0.1, 0.15) is 5.75 Å². The predicted molar refractivity (Wildman–Crippen MR) is 110 cm³/mol. The van der Waals surface area contributed by atoms with Gasteiger partial charge in [-0.1, -0.05) is 31.2 Å². The van der Waals surface area contributed by atoms with Crippen LogP contribution in [-0.2, 0) is 6.42 Å². The Morgan fingerprint density at radius 2 is 1.82 bits per heavy atom. The topological polar surface area (TPSA) is 43.8 Å². The number of phenolic OH excluding ortho intramolecular Hbond substituents is 1. The number of amides is 1. The molecule has 146 valence electrons. The quantitative estimate of drug-likeness (QED) is 0.889. The number of likely N-dealkylation sites (tertiary alicyclic amines) is 1. The Labute approximate surface area is 166 Å². The molecule has 4 saturated heterocycles. The zero-order valence-corrected chi connectivity index (χ0v) is 16.4. The van der Waals surface area contributed by atoms with Crippen LogP contribution in [0.15, 0.2) is 48.5 Å². The van der Waals surface area contributed by atoms with E-state index in [1.807, 2.05) is 24.3 Å². The number of aryl methyl sites for hydroxylation is 1. The van der Waals surface area contributed by atoms with Crippen molar-refractivity contribution in [2.24, 2.45) is 5.92 Å². The van der Waals surface area contributed by atoms with Gasteiger partial charge in [-0.15, -0.1) is 0 Å². The maximum Gasteiger partial charge on any atom is 0.254 e. The van der Waals surface area contributed by atoms with Crippen LogP contribution in [0.3, 0.4) is 0 Å². The molecule has 3 atom stereocenters. The van der Waals surface area contributed by atoms with Crippen molar-refractivity contribution >= 4 is 5.91 Å². The Morgan fingerprint density at radius 3 is 2.50 bits per heavy atom. The van der Waals surface area contributed by atoms with Crippen molar-refractivity contribution < 1.29 is 9.90 Å². The minimum atomic E-state index is 0.161. The third-order valence-corrected chi connectivity index (χ3v) is 7.16. The number of aromatic hydroxyl groups is 1. The molecule has 2 bridgehead atoms. The molecule has 0 aromatic heterocycles. The third kappa shape index (κ3) is 2.82. The molecule has 4 aliphatic rings. The normalized spacial score (nSPS) is 31.0. The van der Waals surface area contributed by atoms with Crippen LogP contribution in [0.25, 0.3) is 0 Å². The third-order valence-electron chi connectivity index (χ3n) is 7.16. The van der Waals surface area contributed by atoms with Crippen LogP contribution in [0.4, 0.5) is 0 Å². The molecule has 2 aromatic rings. The molecule has 4 heteroatoms. The zero-order valence-electron chi connectivity index (χ0n) is 16.4. The molecule has 6 rings (SSSR count). The van der Waals surface area contributed by atoms with Crippen LogP contribution in [0, 0.1) is 5.92 Å². The summed E-state index contributed by atoms with van der Waals surface area (Å²) in [5.74, 6) is 1.33. The standard InChI is InChI=1S/C24H28N2O2/c1-2-16-6-8-18(9-7-16)24(28)26-15-21(19-4-3-5-20(27)14-19)23-22(26)17-10-12-25(23)13-11-17/h3-9,14,17,21-23,27H,2,10-13,15H2,1H3/t21-,22+,23+/m0/s1. The fourth-order valence-electron chi connectivity index (χ4n) is 5.75. The van der Waals surface area contributed by atoms with Crippen molar-refractivity contribution in [2.45, 2.75) is 44.2 Å². The van der Waals surface area contributed by atoms with Gasteiger partial charge in [0.25, 0.3) is 5.91 Å². The van der Waals surface area contributed by atoms with Gasteiger partial charge >= 0.3 is 0 Å². The van der Waals surface area contributed by atoms with E-state index in [4.69, 9.17) is 0 Å². The molecule has 0 saturated carbocycles. The highest BCUT2D eigenvalue weighted by molar-refractivity contribution is 5.95. The van der Waals surface area contributed by atoms with E-state index in [9.17, 15) is 9.90 Å². The van der Waals surface area contributed by atoms with Crippen molar-refractivity contribution in [1.82, 2.24) is 9.80 Å². The molecule has 4 aliphatic heterocycles. The Balaban J connectivity index is 1.50. The summed E-state index contributed by atoms with van der Waals surface area (Å²) in [6, 6.07) is 16.4. The fourth-order valence-corrected chi connectivity index (χ4v) is 5.75. The summed E-state index contributed by atoms with van der Waals surface area (Å²) in [7, 11) is 0. The van der Waals surface area contributed by atoms with Crippen LogP contribution >= 0.6 is 0 Å². The first-order chi connectivity index (χ1) is 13.7. The van der Waals surface area contributed by atoms with Gasteiger partial charge in [0, 0.05) is 24.1 Å². The number of rotatable bonds is 3. The Bertz CT molecular complexity index is 870. The van der Waals surface area contributed by atoms with Crippen LogP contribution < -0.4 is 0 Å². The van der Waals surface area contributed by atoms with Gasteiger partial charge in [-0.05, 0) is 73.7 Å². The molecule has 1 N–H and O–H groups in total. The highest BCUT2D eigenvalue weighted by Crippen LogP contribution is 2.47. The number of fused-ring (bicyclic) bond motifs is 2. The van der Waals surface area contributed by atoms with E-state index >= 15 is 0 Å². The maximum atomic E-state index is 13.5. The van der Waals surface area contributed by atoms with Crippen molar-refractivity contribution in [3.8, 4) is 5.75 Å². The summed E-state index contributed by atoms with van der Waals surface area (Å²) in [5.41, 5.74) is 3.21. The molecule has 4 fully saturated rings. The molecule has 0 aliphatic carbocycles. The van der Waals surface area contributed by atoms with Gasteiger partial charge in [0.05, 0.1) is 6.04 Å². The van der Waals surface area contributed by atoms with Crippen LogP contribution in [-0.4, -0.2) is 52.5 Å². The summed E-state index contributed by atoms with van der Waals surface area (Å²) < 4.78 is 0. The minimum absolute atomic E-state index is 0.161. The van der Waals surface area contributed by atoms with Crippen molar-refractivity contribution in [3.05, 3.63) is 65.2 Å². The number of piperidine rings is 3. The van der Waals surface area contributed by atoms with E-state index in [0.717, 1.165) is 37.2 Å². The van der Waals surface area contributed by atoms with E-state index in [1.165, 1.54) is 18.4 Å². The number of nitrogens with zero attached hydrogens (tertiary/aromatic N) is 2. The molecule has 0 spiro atoms. The first-order valence-corrected chi connectivity index (χ1v) is 10.6. The predicted octanol–water partition coefficient (Wildman–Crippen LogP) is 3.66. The van der Waals surface area contributed by atoms with Gasteiger partial charge in [0.15, 0.2) is 0 Å². The monoisotopic (exact) mass is 376 g/mol. The average Bonchev–Trinajstić information content (AvgIpc) is 3.17. The van der Waals surface area contributed by atoms with Gasteiger partial charge in [-0.2, -0.15) is 0 Å². The average molecular weight is 377 g/mol. The highest BCUT2D eigenvalue weighted by Gasteiger charge is 2.54. The summed E-state index contributed by atoms with van der Waals surface area (Å²) in [6.07, 6.45) is 3.36. The number of carbonyl (C=O) groups is 1. The molecule has 28 heavy (non-hydrogen) atoms. The number of hydrogen-bond donors (Lipinski definition) is 1. The van der Waals surface area contributed by atoms with E-state index in [1.54, 1.807) is 6.07 Å².